The number of hydrogen-bond acceptors (Lipinski definition) is 5. The zero-order valence-corrected chi connectivity index (χ0v) is 11.4. The van der Waals surface area contributed by atoms with Crippen molar-refractivity contribution in [3.63, 3.8) is 0 Å². The summed E-state index contributed by atoms with van der Waals surface area (Å²) in [6.45, 7) is -0.221. The molecule has 4 atom stereocenters. The van der Waals surface area contributed by atoms with Crippen molar-refractivity contribution in [1.29, 1.82) is 0 Å². The Morgan fingerprint density at radius 2 is 1.86 bits per heavy atom. The van der Waals surface area contributed by atoms with Gasteiger partial charge in [-0.05, 0) is 22.9 Å². The van der Waals surface area contributed by atoms with E-state index in [0.717, 1.165) is 10.8 Å². The molecule has 1 saturated heterocycles. The number of rotatable bonds is 3. The SMILES string of the molecule is OC[C@@H]1C[C@H](O)[C@H](O)[C@@H](Oc2ccc3ccccc3c2)O1. The first-order valence-electron chi connectivity index (χ1n) is 6.95. The summed E-state index contributed by atoms with van der Waals surface area (Å²) >= 11 is 0. The topological polar surface area (TPSA) is 79.2 Å². The molecule has 0 bridgehead atoms. The Morgan fingerprint density at radius 3 is 2.62 bits per heavy atom. The van der Waals surface area contributed by atoms with Gasteiger partial charge in [-0.1, -0.05) is 30.3 Å². The Hall–Kier alpha value is -1.66. The Kier molecular flexibility index (Phi) is 4.07. The van der Waals surface area contributed by atoms with Gasteiger partial charge in [0.25, 0.3) is 0 Å². The molecule has 1 heterocycles. The molecule has 0 unspecified atom stereocenters. The van der Waals surface area contributed by atoms with Gasteiger partial charge in [0.2, 0.25) is 6.29 Å². The lowest BCUT2D eigenvalue weighted by molar-refractivity contribution is -0.240. The fraction of sp³-hybridized carbons (Fsp3) is 0.375. The highest BCUT2D eigenvalue weighted by molar-refractivity contribution is 5.83. The smallest absolute Gasteiger partial charge is 0.229 e. The Labute approximate surface area is 122 Å². The van der Waals surface area contributed by atoms with E-state index in [0.29, 0.717) is 5.75 Å². The molecule has 21 heavy (non-hydrogen) atoms. The van der Waals surface area contributed by atoms with Crippen LogP contribution in [0, 0.1) is 0 Å². The summed E-state index contributed by atoms with van der Waals surface area (Å²) in [6, 6.07) is 13.4. The molecule has 0 aromatic heterocycles. The monoisotopic (exact) mass is 290 g/mol. The average Bonchev–Trinajstić information content (AvgIpc) is 2.51. The fourth-order valence-corrected chi connectivity index (χ4v) is 2.51. The molecule has 2 aromatic rings. The lowest BCUT2D eigenvalue weighted by Gasteiger charge is -2.36. The predicted molar refractivity (Wildman–Crippen MR) is 77.0 cm³/mol. The van der Waals surface area contributed by atoms with E-state index in [1.54, 1.807) is 6.07 Å². The van der Waals surface area contributed by atoms with Crippen LogP contribution in [0.15, 0.2) is 42.5 Å². The van der Waals surface area contributed by atoms with E-state index in [1.165, 1.54) is 0 Å². The number of hydrogen-bond donors (Lipinski definition) is 3. The fourth-order valence-electron chi connectivity index (χ4n) is 2.51. The first-order valence-corrected chi connectivity index (χ1v) is 6.95. The standard InChI is InChI=1S/C16H18O5/c17-9-13-8-14(18)15(19)16(21-13)20-12-6-5-10-3-1-2-4-11(10)7-12/h1-7,13-19H,8-9H2/t13-,14-,15-,16-/m0/s1. The molecule has 0 saturated carbocycles. The average molecular weight is 290 g/mol. The van der Waals surface area contributed by atoms with Gasteiger partial charge in [-0.2, -0.15) is 0 Å². The summed E-state index contributed by atoms with van der Waals surface area (Å²) in [5.41, 5.74) is 0. The molecule has 0 radical (unpaired) electrons. The van der Waals surface area contributed by atoms with E-state index in [4.69, 9.17) is 14.6 Å². The maximum absolute atomic E-state index is 9.94. The van der Waals surface area contributed by atoms with Crippen molar-refractivity contribution in [1.82, 2.24) is 0 Å². The van der Waals surface area contributed by atoms with Crippen LogP contribution in [0.2, 0.25) is 0 Å². The van der Waals surface area contributed by atoms with Gasteiger partial charge in [0, 0.05) is 6.42 Å². The number of ether oxygens (including phenoxy) is 2. The zero-order chi connectivity index (χ0) is 14.8. The van der Waals surface area contributed by atoms with Crippen LogP contribution in [0.1, 0.15) is 6.42 Å². The van der Waals surface area contributed by atoms with Crippen LogP contribution >= 0.6 is 0 Å². The molecule has 0 amide bonds. The number of benzene rings is 2. The summed E-state index contributed by atoms with van der Waals surface area (Å²) < 4.78 is 11.1. The molecule has 5 heteroatoms. The molecule has 112 valence electrons. The maximum atomic E-state index is 9.94. The van der Waals surface area contributed by atoms with E-state index < -0.39 is 24.6 Å². The van der Waals surface area contributed by atoms with Crippen LogP contribution in [0.3, 0.4) is 0 Å². The molecule has 2 aromatic carbocycles. The zero-order valence-electron chi connectivity index (χ0n) is 11.4. The maximum Gasteiger partial charge on any atom is 0.229 e. The summed E-state index contributed by atoms with van der Waals surface area (Å²) in [4.78, 5) is 0. The van der Waals surface area contributed by atoms with Gasteiger partial charge in [-0.25, -0.2) is 0 Å². The Bertz CT molecular complexity index is 614. The lowest BCUT2D eigenvalue weighted by atomic mass is 10.0. The van der Waals surface area contributed by atoms with Gasteiger partial charge in [0.15, 0.2) is 0 Å². The molecular formula is C16H18O5. The van der Waals surface area contributed by atoms with Crippen molar-refractivity contribution in [2.24, 2.45) is 0 Å². The summed E-state index contributed by atoms with van der Waals surface area (Å²) in [6.07, 6.45) is -3.45. The molecule has 1 fully saturated rings. The minimum Gasteiger partial charge on any atom is -0.462 e. The first-order chi connectivity index (χ1) is 10.2. The molecule has 5 nitrogen and oxygen atoms in total. The third kappa shape index (κ3) is 3.01. The minimum absolute atomic E-state index is 0.190. The highest BCUT2D eigenvalue weighted by Crippen LogP contribution is 2.26. The van der Waals surface area contributed by atoms with Crippen LogP contribution in [0.25, 0.3) is 10.8 Å². The molecular weight excluding hydrogens is 272 g/mol. The molecule has 0 spiro atoms. The van der Waals surface area contributed by atoms with E-state index in [9.17, 15) is 10.2 Å². The second kappa shape index (κ2) is 5.99. The van der Waals surface area contributed by atoms with Gasteiger partial charge in [0.05, 0.1) is 18.8 Å². The molecule has 3 N–H and O–H groups in total. The number of fused-ring (bicyclic) bond motifs is 1. The largest absolute Gasteiger partial charge is 0.462 e. The normalized spacial score (nSPS) is 29.5. The van der Waals surface area contributed by atoms with Crippen molar-refractivity contribution in [2.45, 2.75) is 31.0 Å². The second-order valence-electron chi connectivity index (χ2n) is 5.23. The van der Waals surface area contributed by atoms with Gasteiger partial charge in [-0.3, -0.25) is 0 Å². The van der Waals surface area contributed by atoms with Crippen molar-refractivity contribution < 1.29 is 24.8 Å². The van der Waals surface area contributed by atoms with Crippen LogP contribution < -0.4 is 4.74 Å². The van der Waals surface area contributed by atoms with E-state index in [-0.39, 0.29) is 13.0 Å². The Balaban J connectivity index is 1.79. The van der Waals surface area contributed by atoms with Crippen LogP contribution in [0.5, 0.6) is 5.75 Å². The molecule has 3 rings (SSSR count). The van der Waals surface area contributed by atoms with Crippen molar-refractivity contribution in [2.75, 3.05) is 6.61 Å². The highest BCUT2D eigenvalue weighted by Gasteiger charge is 2.38. The van der Waals surface area contributed by atoms with Crippen molar-refractivity contribution in [3.05, 3.63) is 42.5 Å². The minimum atomic E-state index is -1.14. The van der Waals surface area contributed by atoms with Gasteiger partial charge in [0.1, 0.15) is 11.9 Å². The summed E-state index contributed by atoms with van der Waals surface area (Å²) in [5.74, 6) is 0.545. The lowest BCUT2D eigenvalue weighted by Crippen LogP contribution is -2.51. The molecule has 1 aliphatic heterocycles. The van der Waals surface area contributed by atoms with E-state index in [2.05, 4.69) is 0 Å². The summed E-state index contributed by atoms with van der Waals surface area (Å²) in [7, 11) is 0. The van der Waals surface area contributed by atoms with Gasteiger partial charge >= 0.3 is 0 Å². The Morgan fingerprint density at radius 1 is 1.10 bits per heavy atom. The molecule has 1 aliphatic rings. The quantitative estimate of drug-likeness (QED) is 0.787. The molecule has 0 aliphatic carbocycles. The van der Waals surface area contributed by atoms with Crippen LogP contribution in [-0.2, 0) is 4.74 Å². The number of aliphatic hydroxyl groups excluding tert-OH is 3. The number of aliphatic hydroxyl groups is 3. The van der Waals surface area contributed by atoms with Crippen molar-refractivity contribution in [3.8, 4) is 5.75 Å². The third-order valence-electron chi connectivity index (χ3n) is 3.68. The first kappa shape index (κ1) is 14.3. The third-order valence-corrected chi connectivity index (χ3v) is 3.68. The van der Waals surface area contributed by atoms with Gasteiger partial charge in [-0.15, -0.1) is 0 Å². The second-order valence-corrected chi connectivity index (χ2v) is 5.23. The summed E-state index contributed by atoms with van der Waals surface area (Å²) in [5, 5.41) is 31.0. The van der Waals surface area contributed by atoms with Gasteiger partial charge < -0.3 is 24.8 Å². The van der Waals surface area contributed by atoms with Crippen molar-refractivity contribution >= 4 is 10.8 Å². The van der Waals surface area contributed by atoms with E-state index in [1.807, 2.05) is 36.4 Å². The predicted octanol–water partition coefficient (Wildman–Crippen LogP) is 1.05. The van der Waals surface area contributed by atoms with Crippen LogP contribution in [0.4, 0.5) is 0 Å². The van der Waals surface area contributed by atoms with Crippen LogP contribution in [-0.4, -0.2) is 46.5 Å². The van der Waals surface area contributed by atoms with E-state index >= 15 is 0 Å². The highest BCUT2D eigenvalue weighted by atomic mass is 16.7.